The van der Waals surface area contributed by atoms with Crippen LogP contribution in [0.3, 0.4) is 0 Å². The van der Waals surface area contributed by atoms with E-state index in [1.54, 1.807) is 64.0 Å². The summed E-state index contributed by atoms with van der Waals surface area (Å²) >= 11 is 1.58. The van der Waals surface area contributed by atoms with Crippen LogP contribution in [0.4, 0.5) is 0 Å². The van der Waals surface area contributed by atoms with Gasteiger partial charge in [0.05, 0.1) is 38.0 Å². The first-order valence-electron chi connectivity index (χ1n) is 11.0. The molecule has 1 aliphatic heterocycles. The number of thiophene rings is 1. The summed E-state index contributed by atoms with van der Waals surface area (Å²) in [5.74, 6) is 1.31. The maximum Gasteiger partial charge on any atom is 0.262 e. The quantitative estimate of drug-likeness (QED) is 0.469. The van der Waals surface area contributed by atoms with Gasteiger partial charge in [-0.05, 0) is 53.4 Å². The molecule has 0 saturated heterocycles. The smallest absolute Gasteiger partial charge is 0.262 e. The molecule has 2 heterocycles. The first kappa shape index (κ1) is 24.3. The van der Waals surface area contributed by atoms with Crippen molar-refractivity contribution in [3.63, 3.8) is 0 Å². The monoisotopic (exact) mass is 493 g/mol. The van der Waals surface area contributed by atoms with E-state index in [9.17, 15) is 9.59 Å². The van der Waals surface area contributed by atoms with Gasteiger partial charge in [-0.15, -0.1) is 11.3 Å². The molecule has 0 aliphatic carbocycles. The zero-order valence-corrected chi connectivity index (χ0v) is 20.9. The number of ether oxygens (including phenoxy) is 3. The molecule has 1 aromatic heterocycles. The van der Waals surface area contributed by atoms with Crippen molar-refractivity contribution >= 4 is 28.9 Å². The molecule has 0 unspecified atom stereocenters. The first-order valence-corrected chi connectivity index (χ1v) is 11.9. The van der Waals surface area contributed by atoms with Gasteiger partial charge >= 0.3 is 0 Å². The Morgan fingerprint density at radius 1 is 1.03 bits per heavy atom. The second-order valence-electron chi connectivity index (χ2n) is 7.99. The molecule has 4 rings (SSSR count). The number of benzene rings is 2. The molecular weight excluding hydrogens is 466 g/mol. The summed E-state index contributed by atoms with van der Waals surface area (Å²) in [5, 5.41) is 8.14. The third kappa shape index (κ3) is 5.14. The normalized spacial score (nSPS) is 14.9. The van der Waals surface area contributed by atoms with E-state index in [4.69, 9.17) is 14.2 Å². The van der Waals surface area contributed by atoms with Gasteiger partial charge in [-0.25, -0.2) is 5.01 Å². The SMILES string of the molecule is COc1ccc(C(=O)N(C)CC(=O)N2N=C(c3cccs3)C[C@@H]2c2ccc(OC)c(OC)c2)cc1. The Morgan fingerprint density at radius 2 is 1.77 bits per heavy atom. The number of carbonyl (C=O) groups is 2. The van der Waals surface area contributed by atoms with Crippen LogP contribution in [0.15, 0.2) is 65.1 Å². The van der Waals surface area contributed by atoms with Gasteiger partial charge in [0.2, 0.25) is 0 Å². The van der Waals surface area contributed by atoms with E-state index in [1.807, 2.05) is 35.7 Å². The van der Waals surface area contributed by atoms with Gasteiger partial charge in [-0.1, -0.05) is 12.1 Å². The van der Waals surface area contributed by atoms with Crippen LogP contribution in [0.2, 0.25) is 0 Å². The number of carbonyl (C=O) groups excluding carboxylic acids is 2. The minimum Gasteiger partial charge on any atom is -0.497 e. The van der Waals surface area contributed by atoms with Crippen LogP contribution in [0.5, 0.6) is 17.2 Å². The topological polar surface area (TPSA) is 80.7 Å². The summed E-state index contributed by atoms with van der Waals surface area (Å²) < 4.78 is 16.0. The molecule has 1 aliphatic rings. The number of methoxy groups -OCH3 is 3. The van der Waals surface area contributed by atoms with E-state index in [1.165, 1.54) is 9.91 Å². The number of nitrogens with zero attached hydrogens (tertiary/aromatic N) is 3. The molecule has 0 spiro atoms. The molecule has 35 heavy (non-hydrogen) atoms. The van der Waals surface area contributed by atoms with Gasteiger partial charge in [-0.3, -0.25) is 9.59 Å². The average molecular weight is 494 g/mol. The second-order valence-corrected chi connectivity index (χ2v) is 8.93. The highest BCUT2D eigenvalue weighted by molar-refractivity contribution is 7.12. The van der Waals surface area contributed by atoms with Crippen LogP contribution in [0.25, 0.3) is 0 Å². The van der Waals surface area contributed by atoms with Crippen molar-refractivity contribution in [3.05, 3.63) is 76.0 Å². The minimum absolute atomic E-state index is 0.115. The van der Waals surface area contributed by atoms with Gasteiger partial charge in [-0.2, -0.15) is 5.10 Å². The zero-order chi connectivity index (χ0) is 24.9. The summed E-state index contributed by atoms with van der Waals surface area (Å²) in [4.78, 5) is 28.7. The molecule has 1 atom stereocenters. The van der Waals surface area contributed by atoms with Crippen LogP contribution < -0.4 is 14.2 Å². The van der Waals surface area contributed by atoms with Crippen molar-refractivity contribution in [1.82, 2.24) is 9.91 Å². The van der Waals surface area contributed by atoms with Crippen molar-refractivity contribution in [2.75, 3.05) is 34.9 Å². The van der Waals surface area contributed by atoms with Crippen LogP contribution in [0.1, 0.15) is 33.3 Å². The van der Waals surface area contributed by atoms with Crippen molar-refractivity contribution in [2.24, 2.45) is 5.10 Å². The Hall–Kier alpha value is -3.85. The highest BCUT2D eigenvalue weighted by Gasteiger charge is 2.34. The summed E-state index contributed by atoms with van der Waals surface area (Å²) in [7, 11) is 6.33. The molecule has 0 saturated carbocycles. The third-order valence-corrected chi connectivity index (χ3v) is 6.74. The number of hydrogen-bond donors (Lipinski definition) is 0. The third-order valence-electron chi connectivity index (χ3n) is 5.82. The number of rotatable bonds is 8. The van der Waals surface area contributed by atoms with E-state index in [0.717, 1.165) is 16.2 Å². The molecule has 2 aromatic carbocycles. The Morgan fingerprint density at radius 3 is 2.40 bits per heavy atom. The number of amides is 2. The zero-order valence-electron chi connectivity index (χ0n) is 20.1. The second kappa shape index (κ2) is 10.6. The van der Waals surface area contributed by atoms with E-state index < -0.39 is 0 Å². The predicted molar refractivity (Wildman–Crippen MR) is 135 cm³/mol. The lowest BCUT2D eigenvalue weighted by Gasteiger charge is -2.25. The molecule has 8 nitrogen and oxygen atoms in total. The highest BCUT2D eigenvalue weighted by atomic mass is 32.1. The molecular formula is C26H27N3O5S. The van der Waals surface area contributed by atoms with Crippen molar-refractivity contribution in [3.8, 4) is 17.2 Å². The summed E-state index contributed by atoms with van der Waals surface area (Å²) in [6.45, 7) is -0.115. The lowest BCUT2D eigenvalue weighted by molar-refractivity contribution is -0.133. The van der Waals surface area contributed by atoms with Gasteiger partial charge < -0.3 is 19.1 Å². The van der Waals surface area contributed by atoms with Crippen LogP contribution in [-0.2, 0) is 4.79 Å². The van der Waals surface area contributed by atoms with Crippen molar-refractivity contribution in [1.29, 1.82) is 0 Å². The maximum absolute atomic E-state index is 13.4. The fourth-order valence-electron chi connectivity index (χ4n) is 3.95. The molecule has 3 aromatic rings. The largest absolute Gasteiger partial charge is 0.497 e. The van der Waals surface area contributed by atoms with E-state index in [-0.39, 0.29) is 24.4 Å². The Labute approximate surface area is 208 Å². The van der Waals surface area contributed by atoms with Crippen molar-refractivity contribution in [2.45, 2.75) is 12.5 Å². The Kier molecular flexibility index (Phi) is 7.36. The fraction of sp³-hybridized carbons (Fsp3) is 0.269. The molecule has 9 heteroatoms. The molecule has 2 amide bonds. The average Bonchev–Trinajstić information content (AvgIpc) is 3.58. The maximum atomic E-state index is 13.4. The summed E-state index contributed by atoms with van der Waals surface area (Å²) in [6.07, 6.45) is 0.553. The lowest BCUT2D eigenvalue weighted by atomic mass is 10.0. The Bertz CT molecular complexity index is 1220. The van der Waals surface area contributed by atoms with Gasteiger partial charge in [0.15, 0.2) is 11.5 Å². The molecule has 0 N–H and O–H groups in total. The summed E-state index contributed by atoms with van der Waals surface area (Å²) in [6, 6.07) is 16.0. The van der Waals surface area contributed by atoms with Gasteiger partial charge in [0, 0.05) is 19.0 Å². The molecule has 182 valence electrons. The van der Waals surface area contributed by atoms with E-state index in [2.05, 4.69) is 5.10 Å². The van der Waals surface area contributed by atoms with E-state index >= 15 is 0 Å². The fourth-order valence-corrected chi connectivity index (χ4v) is 4.67. The summed E-state index contributed by atoms with van der Waals surface area (Å²) in [5.41, 5.74) is 2.18. The Balaban J connectivity index is 1.58. The highest BCUT2D eigenvalue weighted by Crippen LogP contribution is 2.38. The van der Waals surface area contributed by atoms with E-state index in [0.29, 0.717) is 29.2 Å². The van der Waals surface area contributed by atoms with Crippen molar-refractivity contribution < 1.29 is 23.8 Å². The molecule has 0 fully saturated rings. The molecule has 0 radical (unpaired) electrons. The van der Waals surface area contributed by atoms with Crippen LogP contribution in [0, 0.1) is 0 Å². The number of hydrazone groups is 1. The standard InChI is InChI=1S/C26H27N3O5S/c1-28(26(31)17-7-10-19(32-2)11-8-17)16-25(30)29-21(15-20(27-29)24-6-5-13-35-24)18-9-12-22(33-3)23(14-18)34-4/h5-14,21H,15-16H2,1-4H3/t21-/m1/s1. The lowest BCUT2D eigenvalue weighted by Crippen LogP contribution is -2.39. The number of likely N-dealkylation sites (N-methyl/N-ethyl adjacent to an activating group) is 1. The van der Waals surface area contributed by atoms with Gasteiger partial charge in [0.25, 0.3) is 11.8 Å². The molecule has 0 bridgehead atoms. The first-order chi connectivity index (χ1) is 16.9. The predicted octanol–water partition coefficient (Wildman–Crippen LogP) is 4.22. The van der Waals surface area contributed by atoms with Crippen LogP contribution in [-0.4, -0.2) is 62.4 Å². The van der Waals surface area contributed by atoms with Gasteiger partial charge in [0.1, 0.15) is 12.3 Å². The minimum atomic E-state index is -0.330. The van der Waals surface area contributed by atoms with Crippen LogP contribution >= 0.6 is 11.3 Å². The number of hydrogen-bond acceptors (Lipinski definition) is 7.